The third-order valence-corrected chi connectivity index (χ3v) is 3.94. The summed E-state index contributed by atoms with van der Waals surface area (Å²) >= 11 is 1.05. The van der Waals surface area contributed by atoms with Crippen molar-refractivity contribution < 1.29 is 9.53 Å². The summed E-state index contributed by atoms with van der Waals surface area (Å²) in [6, 6.07) is 16.6. The molecule has 0 aliphatic rings. The topological polar surface area (TPSA) is 57.0 Å². The minimum absolute atomic E-state index is 0.0900. The standard InChI is InChI=1S/C16H13N3O2S/c1-21-14-9-7-12(8-10-14)15(20)22-16-18-17-11-19(16)13-5-3-2-4-6-13/h2-11H,1H3. The molecule has 0 spiro atoms. The van der Waals surface area contributed by atoms with Crippen molar-refractivity contribution in [2.75, 3.05) is 7.11 Å². The second kappa shape index (κ2) is 6.44. The van der Waals surface area contributed by atoms with E-state index in [-0.39, 0.29) is 5.12 Å². The van der Waals surface area contributed by atoms with Crippen molar-refractivity contribution >= 4 is 16.9 Å². The number of carbonyl (C=O) groups excluding carboxylic acids is 1. The normalized spacial score (nSPS) is 10.4. The van der Waals surface area contributed by atoms with E-state index in [2.05, 4.69) is 10.2 Å². The van der Waals surface area contributed by atoms with Crippen molar-refractivity contribution in [3.05, 3.63) is 66.5 Å². The van der Waals surface area contributed by atoms with E-state index in [0.29, 0.717) is 16.5 Å². The highest BCUT2D eigenvalue weighted by Crippen LogP contribution is 2.24. The summed E-state index contributed by atoms with van der Waals surface area (Å²) in [6.45, 7) is 0. The summed E-state index contributed by atoms with van der Waals surface area (Å²) in [7, 11) is 1.59. The number of thioether (sulfide) groups is 1. The molecule has 3 rings (SSSR count). The van der Waals surface area contributed by atoms with Crippen LogP contribution in [0.1, 0.15) is 10.4 Å². The van der Waals surface area contributed by atoms with Crippen molar-refractivity contribution in [2.24, 2.45) is 0 Å². The summed E-state index contributed by atoms with van der Waals surface area (Å²) in [5.41, 5.74) is 1.51. The molecule has 5 nitrogen and oxygen atoms in total. The molecular formula is C16H13N3O2S. The number of aromatic nitrogens is 3. The van der Waals surface area contributed by atoms with Gasteiger partial charge in [-0.1, -0.05) is 18.2 Å². The molecule has 1 heterocycles. The van der Waals surface area contributed by atoms with Gasteiger partial charge in [0.05, 0.1) is 7.11 Å². The molecule has 0 N–H and O–H groups in total. The molecule has 0 unspecified atom stereocenters. The Kier molecular flexibility index (Phi) is 4.20. The van der Waals surface area contributed by atoms with Crippen LogP contribution in [0, 0.1) is 0 Å². The number of rotatable bonds is 4. The monoisotopic (exact) mass is 311 g/mol. The number of hydrogen-bond acceptors (Lipinski definition) is 5. The van der Waals surface area contributed by atoms with Gasteiger partial charge in [-0.2, -0.15) is 0 Å². The lowest BCUT2D eigenvalue weighted by Crippen LogP contribution is -1.99. The first-order chi connectivity index (χ1) is 10.8. The molecule has 0 fully saturated rings. The average Bonchev–Trinajstić information content (AvgIpc) is 3.04. The van der Waals surface area contributed by atoms with Crippen molar-refractivity contribution in [2.45, 2.75) is 5.16 Å². The molecule has 0 radical (unpaired) electrons. The first-order valence-electron chi connectivity index (χ1n) is 6.59. The molecular weight excluding hydrogens is 298 g/mol. The molecule has 0 aliphatic heterocycles. The van der Waals surface area contributed by atoms with E-state index in [1.165, 1.54) is 0 Å². The quantitative estimate of drug-likeness (QED) is 0.693. The molecule has 0 aliphatic carbocycles. The number of methoxy groups -OCH3 is 1. The van der Waals surface area contributed by atoms with Gasteiger partial charge >= 0.3 is 0 Å². The fourth-order valence-electron chi connectivity index (χ4n) is 1.93. The third-order valence-electron chi connectivity index (χ3n) is 3.06. The zero-order chi connectivity index (χ0) is 15.4. The SMILES string of the molecule is COc1ccc(C(=O)Sc2nncn2-c2ccccc2)cc1. The molecule has 0 saturated heterocycles. The van der Waals surface area contributed by atoms with Gasteiger partial charge in [-0.3, -0.25) is 9.36 Å². The Balaban J connectivity index is 1.81. The van der Waals surface area contributed by atoms with Crippen LogP contribution in [-0.4, -0.2) is 27.0 Å². The Morgan fingerprint density at radius 1 is 1.09 bits per heavy atom. The molecule has 1 aromatic heterocycles. The van der Waals surface area contributed by atoms with Crippen LogP contribution in [0.3, 0.4) is 0 Å². The van der Waals surface area contributed by atoms with Gasteiger partial charge in [0.2, 0.25) is 10.3 Å². The lowest BCUT2D eigenvalue weighted by molar-refractivity contribution is 0.108. The minimum atomic E-state index is -0.0900. The molecule has 0 saturated carbocycles. The van der Waals surface area contributed by atoms with E-state index in [9.17, 15) is 4.79 Å². The summed E-state index contributed by atoms with van der Waals surface area (Å²) in [5.74, 6) is 0.717. The molecule has 0 amide bonds. The lowest BCUT2D eigenvalue weighted by atomic mass is 10.2. The summed E-state index contributed by atoms with van der Waals surface area (Å²) in [5, 5.41) is 8.36. The summed E-state index contributed by atoms with van der Waals surface area (Å²) < 4.78 is 6.87. The zero-order valence-electron chi connectivity index (χ0n) is 11.8. The molecule has 3 aromatic rings. The molecule has 22 heavy (non-hydrogen) atoms. The maximum absolute atomic E-state index is 12.3. The van der Waals surface area contributed by atoms with Gasteiger partial charge in [0.1, 0.15) is 12.1 Å². The highest BCUT2D eigenvalue weighted by molar-refractivity contribution is 8.14. The van der Waals surface area contributed by atoms with Crippen molar-refractivity contribution in [1.82, 2.24) is 14.8 Å². The van der Waals surface area contributed by atoms with Crippen molar-refractivity contribution in [3.8, 4) is 11.4 Å². The van der Waals surface area contributed by atoms with Gasteiger partial charge < -0.3 is 4.74 Å². The maximum Gasteiger partial charge on any atom is 0.227 e. The number of nitrogens with zero attached hydrogens (tertiary/aromatic N) is 3. The van der Waals surface area contributed by atoms with Crippen LogP contribution in [0.4, 0.5) is 0 Å². The van der Waals surface area contributed by atoms with Crippen LogP contribution in [0.5, 0.6) is 5.75 Å². The van der Waals surface area contributed by atoms with E-state index in [1.807, 2.05) is 30.3 Å². The summed E-state index contributed by atoms with van der Waals surface area (Å²) in [4.78, 5) is 12.3. The first kappa shape index (κ1) is 14.3. The van der Waals surface area contributed by atoms with Gasteiger partial charge in [-0.25, -0.2) is 0 Å². The number of benzene rings is 2. The van der Waals surface area contributed by atoms with E-state index in [1.54, 1.807) is 42.3 Å². The molecule has 0 bridgehead atoms. The first-order valence-corrected chi connectivity index (χ1v) is 7.41. The average molecular weight is 311 g/mol. The van der Waals surface area contributed by atoms with Gasteiger partial charge in [0.25, 0.3) is 0 Å². The van der Waals surface area contributed by atoms with Crippen molar-refractivity contribution in [3.63, 3.8) is 0 Å². The van der Waals surface area contributed by atoms with Crippen LogP contribution in [-0.2, 0) is 0 Å². The van der Waals surface area contributed by atoms with Crippen LogP contribution >= 0.6 is 11.8 Å². The number of carbonyl (C=O) groups is 1. The van der Waals surface area contributed by atoms with Crippen LogP contribution in [0.2, 0.25) is 0 Å². The van der Waals surface area contributed by atoms with Crippen LogP contribution < -0.4 is 4.74 Å². The Hall–Kier alpha value is -2.60. The Morgan fingerprint density at radius 3 is 2.50 bits per heavy atom. The Bertz CT molecular complexity index is 770. The summed E-state index contributed by atoms with van der Waals surface area (Å²) in [6.07, 6.45) is 1.60. The molecule has 110 valence electrons. The fraction of sp³-hybridized carbons (Fsp3) is 0.0625. The van der Waals surface area contributed by atoms with Gasteiger partial charge in [0, 0.05) is 11.3 Å². The van der Waals surface area contributed by atoms with Gasteiger partial charge in [-0.15, -0.1) is 10.2 Å². The second-order valence-corrected chi connectivity index (χ2v) is 5.38. The zero-order valence-corrected chi connectivity index (χ0v) is 12.7. The van der Waals surface area contributed by atoms with E-state index < -0.39 is 0 Å². The van der Waals surface area contributed by atoms with Gasteiger partial charge in [-0.05, 0) is 48.2 Å². The number of para-hydroxylation sites is 1. The smallest absolute Gasteiger partial charge is 0.227 e. The Labute approximate surface area is 132 Å². The lowest BCUT2D eigenvalue weighted by Gasteiger charge is -2.05. The predicted octanol–water partition coefficient (Wildman–Crippen LogP) is 3.21. The molecule has 0 atom stereocenters. The van der Waals surface area contributed by atoms with Crippen molar-refractivity contribution in [1.29, 1.82) is 0 Å². The second-order valence-electron chi connectivity index (χ2n) is 4.44. The largest absolute Gasteiger partial charge is 0.497 e. The number of ether oxygens (including phenoxy) is 1. The molecule has 2 aromatic carbocycles. The van der Waals surface area contributed by atoms with Crippen LogP contribution in [0.15, 0.2) is 66.1 Å². The van der Waals surface area contributed by atoms with Crippen LogP contribution in [0.25, 0.3) is 5.69 Å². The minimum Gasteiger partial charge on any atom is -0.497 e. The highest BCUT2D eigenvalue weighted by atomic mass is 32.2. The van der Waals surface area contributed by atoms with E-state index in [4.69, 9.17) is 4.74 Å². The number of hydrogen-bond donors (Lipinski definition) is 0. The third kappa shape index (κ3) is 3.01. The molecule has 6 heteroatoms. The van der Waals surface area contributed by atoms with E-state index >= 15 is 0 Å². The maximum atomic E-state index is 12.3. The fourth-order valence-corrected chi connectivity index (χ4v) is 2.69. The van der Waals surface area contributed by atoms with Gasteiger partial charge in [0.15, 0.2) is 0 Å². The van der Waals surface area contributed by atoms with E-state index in [0.717, 1.165) is 17.4 Å². The Morgan fingerprint density at radius 2 is 1.82 bits per heavy atom. The predicted molar refractivity (Wildman–Crippen MR) is 84.5 cm³/mol. The highest BCUT2D eigenvalue weighted by Gasteiger charge is 2.14.